The molecule has 0 radical (unpaired) electrons. The lowest BCUT2D eigenvalue weighted by Crippen LogP contribution is -2.19. The van der Waals surface area contributed by atoms with Crippen molar-refractivity contribution in [2.24, 2.45) is 0 Å². The van der Waals surface area contributed by atoms with Gasteiger partial charge < -0.3 is 9.88 Å². The molecule has 84 valence electrons. The van der Waals surface area contributed by atoms with E-state index in [1.165, 1.54) is 32.1 Å². The van der Waals surface area contributed by atoms with E-state index >= 15 is 0 Å². The lowest BCUT2D eigenvalue weighted by molar-refractivity contribution is 0.316. The standard InChI is InChI=1S/C12H21N3/c1-3-4-8-13-12-14-10(2)9-15(12)11-6-5-7-11/h9,11H,3-8H2,1-2H3,(H,13,14). The summed E-state index contributed by atoms with van der Waals surface area (Å²) >= 11 is 0. The van der Waals surface area contributed by atoms with Gasteiger partial charge in [0.05, 0.1) is 5.69 Å². The van der Waals surface area contributed by atoms with Gasteiger partial charge >= 0.3 is 0 Å². The summed E-state index contributed by atoms with van der Waals surface area (Å²) in [5.41, 5.74) is 1.13. The Bertz CT molecular complexity index is 313. The molecule has 1 aliphatic carbocycles. The van der Waals surface area contributed by atoms with Crippen LogP contribution in [0.5, 0.6) is 0 Å². The summed E-state index contributed by atoms with van der Waals surface area (Å²) in [6, 6.07) is 0.704. The van der Waals surface area contributed by atoms with Crippen LogP contribution in [-0.2, 0) is 0 Å². The van der Waals surface area contributed by atoms with E-state index in [0.717, 1.165) is 18.2 Å². The molecule has 0 amide bonds. The summed E-state index contributed by atoms with van der Waals surface area (Å²) in [5.74, 6) is 1.07. The maximum atomic E-state index is 4.54. The maximum Gasteiger partial charge on any atom is 0.203 e. The minimum atomic E-state index is 0.704. The van der Waals surface area contributed by atoms with E-state index < -0.39 is 0 Å². The Labute approximate surface area is 91.9 Å². The Kier molecular flexibility index (Phi) is 3.29. The molecule has 0 bridgehead atoms. The van der Waals surface area contributed by atoms with Gasteiger partial charge in [-0.1, -0.05) is 13.3 Å². The van der Waals surface area contributed by atoms with Crippen molar-refractivity contribution >= 4 is 5.95 Å². The highest BCUT2D eigenvalue weighted by atomic mass is 15.2. The van der Waals surface area contributed by atoms with Crippen LogP contribution in [0.1, 0.15) is 50.8 Å². The predicted octanol–water partition coefficient (Wildman–Crippen LogP) is 3.13. The third-order valence-electron chi connectivity index (χ3n) is 3.13. The summed E-state index contributed by atoms with van der Waals surface area (Å²) < 4.78 is 2.33. The molecule has 3 heteroatoms. The normalized spacial score (nSPS) is 16.4. The van der Waals surface area contributed by atoms with Crippen LogP contribution < -0.4 is 5.32 Å². The number of aromatic nitrogens is 2. The second kappa shape index (κ2) is 4.69. The third-order valence-corrected chi connectivity index (χ3v) is 3.13. The van der Waals surface area contributed by atoms with Crippen molar-refractivity contribution in [3.63, 3.8) is 0 Å². The molecule has 1 N–H and O–H groups in total. The zero-order valence-electron chi connectivity index (χ0n) is 9.79. The van der Waals surface area contributed by atoms with Crippen molar-refractivity contribution < 1.29 is 0 Å². The zero-order valence-corrected chi connectivity index (χ0v) is 9.79. The number of rotatable bonds is 5. The second-order valence-electron chi connectivity index (χ2n) is 4.48. The first-order chi connectivity index (χ1) is 7.31. The summed E-state index contributed by atoms with van der Waals surface area (Å²) in [4.78, 5) is 4.54. The van der Waals surface area contributed by atoms with Crippen LogP contribution >= 0.6 is 0 Å². The average Bonchev–Trinajstić information content (AvgIpc) is 2.45. The van der Waals surface area contributed by atoms with Gasteiger partial charge in [0.15, 0.2) is 0 Å². The highest BCUT2D eigenvalue weighted by Crippen LogP contribution is 2.33. The van der Waals surface area contributed by atoms with E-state index in [9.17, 15) is 0 Å². The van der Waals surface area contributed by atoms with Gasteiger partial charge in [-0.05, 0) is 32.6 Å². The van der Waals surface area contributed by atoms with Crippen LogP contribution in [0, 0.1) is 6.92 Å². The highest BCUT2D eigenvalue weighted by molar-refractivity contribution is 5.29. The Morgan fingerprint density at radius 1 is 1.53 bits per heavy atom. The number of nitrogens with zero attached hydrogens (tertiary/aromatic N) is 2. The first kappa shape index (κ1) is 10.5. The van der Waals surface area contributed by atoms with Crippen molar-refractivity contribution in [3.8, 4) is 0 Å². The molecule has 1 fully saturated rings. The molecule has 0 spiro atoms. The topological polar surface area (TPSA) is 29.9 Å². The largest absolute Gasteiger partial charge is 0.356 e. The van der Waals surface area contributed by atoms with Crippen molar-refractivity contribution in [1.82, 2.24) is 9.55 Å². The van der Waals surface area contributed by atoms with E-state index in [0.29, 0.717) is 6.04 Å². The van der Waals surface area contributed by atoms with Crippen molar-refractivity contribution in [2.45, 2.75) is 52.0 Å². The van der Waals surface area contributed by atoms with Gasteiger partial charge in [-0.15, -0.1) is 0 Å². The van der Waals surface area contributed by atoms with Gasteiger partial charge in [-0.2, -0.15) is 0 Å². The van der Waals surface area contributed by atoms with E-state index in [1.807, 2.05) is 0 Å². The van der Waals surface area contributed by atoms with E-state index in [4.69, 9.17) is 0 Å². The summed E-state index contributed by atoms with van der Waals surface area (Å²) in [5, 5.41) is 3.44. The molecule has 0 aromatic carbocycles. The molecule has 15 heavy (non-hydrogen) atoms. The lowest BCUT2D eigenvalue weighted by Gasteiger charge is -2.28. The first-order valence-electron chi connectivity index (χ1n) is 6.10. The number of anilines is 1. The quantitative estimate of drug-likeness (QED) is 0.752. The minimum absolute atomic E-state index is 0.704. The fourth-order valence-corrected chi connectivity index (χ4v) is 1.97. The van der Waals surface area contributed by atoms with Crippen molar-refractivity contribution in [2.75, 3.05) is 11.9 Å². The van der Waals surface area contributed by atoms with Gasteiger partial charge in [0.1, 0.15) is 0 Å². The third kappa shape index (κ3) is 2.33. The SMILES string of the molecule is CCCCNc1nc(C)cn1C1CCC1. The molecule has 0 unspecified atom stereocenters. The van der Waals surface area contributed by atoms with Crippen LogP contribution in [0.4, 0.5) is 5.95 Å². The number of unbranched alkanes of at least 4 members (excludes halogenated alkanes) is 1. The van der Waals surface area contributed by atoms with Gasteiger partial charge in [0.25, 0.3) is 0 Å². The molecule has 1 aliphatic rings. The van der Waals surface area contributed by atoms with Crippen LogP contribution in [0.2, 0.25) is 0 Å². The number of hydrogen-bond acceptors (Lipinski definition) is 2. The molecule has 2 rings (SSSR count). The van der Waals surface area contributed by atoms with E-state index in [1.54, 1.807) is 0 Å². The summed E-state index contributed by atoms with van der Waals surface area (Å²) in [6.07, 6.45) is 8.64. The van der Waals surface area contributed by atoms with Crippen LogP contribution in [0.25, 0.3) is 0 Å². The molecule has 0 atom stereocenters. The average molecular weight is 207 g/mol. The Morgan fingerprint density at radius 3 is 2.93 bits per heavy atom. The maximum absolute atomic E-state index is 4.54. The van der Waals surface area contributed by atoms with Gasteiger partial charge in [0, 0.05) is 18.8 Å². The van der Waals surface area contributed by atoms with Gasteiger partial charge in [-0.25, -0.2) is 4.98 Å². The van der Waals surface area contributed by atoms with Gasteiger partial charge in [-0.3, -0.25) is 0 Å². The number of aryl methyl sites for hydroxylation is 1. The molecular weight excluding hydrogens is 186 g/mol. The van der Waals surface area contributed by atoms with Crippen LogP contribution in [0.3, 0.4) is 0 Å². The summed E-state index contributed by atoms with van der Waals surface area (Å²) in [6.45, 7) is 5.32. The first-order valence-corrected chi connectivity index (χ1v) is 6.10. The Hall–Kier alpha value is -0.990. The van der Waals surface area contributed by atoms with Crippen molar-refractivity contribution in [1.29, 1.82) is 0 Å². The molecule has 0 saturated heterocycles. The van der Waals surface area contributed by atoms with Crippen LogP contribution in [-0.4, -0.2) is 16.1 Å². The number of imidazole rings is 1. The monoisotopic (exact) mass is 207 g/mol. The molecule has 1 aromatic heterocycles. The summed E-state index contributed by atoms with van der Waals surface area (Å²) in [7, 11) is 0. The number of hydrogen-bond donors (Lipinski definition) is 1. The molecule has 1 aromatic rings. The predicted molar refractivity (Wildman–Crippen MR) is 63.2 cm³/mol. The smallest absolute Gasteiger partial charge is 0.203 e. The molecule has 0 aliphatic heterocycles. The molecule has 1 saturated carbocycles. The zero-order chi connectivity index (χ0) is 10.7. The number of nitrogens with one attached hydrogen (secondary N) is 1. The molecular formula is C12H21N3. The fraction of sp³-hybridized carbons (Fsp3) is 0.750. The van der Waals surface area contributed by atoms with Crippen LogP contribution in [0.15, 0.2) is 6.20 Å². The Morgan fingerprint density at radius 2 is 2.33 bits per heavy atom. The lowest BCUT2D eigenvalue weighted by atomic mass is 9.93. The minimum Gasteiger partial charge on any atom is -0.356 e. The van der Waals surface area contributed by atoms with Crippen molar-refractivity contribution in [3.05, 3.63) is 11.9 Å². The van der Waals surface area contributed by atoms with E-state index in [-0.39, 0.29) is 0 Å². The van der Waals surface area contributed by atoms with E-state index in [2.05, 4.69) is 34.9 Å². The fourth-order valence-electron chi connectivity index (χ4n) is 1.97. The molecule has 1 heterocycles. The Balaban J connectivity index is 2.00. The second-order valence-corrected chi connectivity index (χ2v) is 4.48. The van der Waals surface area contributed by atoms with Gasteiger partial charge in [0.2, 0.25) is 5.95 Å². The molecule has 3 nitrogen and oxygen atoms in total. The highest BCUT2D eigenvalue weighted by Gasteiger charge is 2.21.